The van der Waals surface area contributed by atoms with Crippen molar-refractivity contribution in [2.75, 3.05) is 5.32 Å². The van der Waals surface area contributed by atoms with E-state index >= 15 is 0 Å². The fourth-order valence-electron chi connectivity index (χ4n) is 3.08. The molecule has 0 bridgehead atoms. The molecule has 0 radical (unpaired) electrons. The Labute approximate surface area is 163 Å². The van der Waals surface area contributed by atoms with Crippen molar-refractivity contribution >= 4 is 28.7 Å². The predicted octanol–water partition coefficient (Wildman–Crippen LogP) is 3.31. The zero-order valence-corrected chi connectivity index (χ0v) is 16.2. The molecule has 7 N–H and O–H groups in total. The first-order chi connectivity index (χ1) is 13.1. The molecule has 146 valence electrons. The van der Waals surface area contributed by atoms with Gasteiger partial charge in [0.25, 0.3) is 5.91 Å². The van der Waals surface area contributed by atoms with Crippen LogP contribution in [0.3, 0.4) is 0 Å². The van der Waals surface area contributed by atoms with Gasteiger partial charge in [-0.3, -0.25) is 10.1 Å². The number of carbonyl (C=O) groups is 2. The van der Waals surface area contributed by atoms with Crippen molar-refractivity contribution < 1.29 is 9.59 Å². The van der Waals surface area contributed by atoms with Gasteiger partial charge in [0.15, 0.2) is 0 Å². The summed E-state index contributed by atoms with van der Waals surface area (Å²) in [5, 5.41) is 6.53. The molecular weight excluding hydrogens is 354 g/mol. The average Bonchev–Trinajstić information content (AvgIpc) is 2.96. The molecule has 0 saturated heterocycles. The van der Waals surface area contributed by atoms with Gasteiger partial charge in [-0.05, 0) is 49.6 Å². The highest BCUT2D eigenvalue weighted by atomic mass is 16.2. The Kier molecular flexibility index (Phi) is 5.11. The van der Waals surface area contributed by atoms with Gasteiger partial charge in [-0.1, -0.05) is 30.3 Å². The number of hydrogen-bond acceptors (Lipinski definition) is 3. The number of urea groups is 1. The highest BCUT2D eigenvalue weighted by Gasteiger charge is 2.18. The number of rotatable bonds is 5. The zero-order chi connectivity index (χ0) is 20.5. The molecule has 3 amide bonds. The molecule has 0 aliphatic rings. The number of benzene rings is 2. The SMILES string of the molecule is CC(C)(C)NCc1cccc(-c2ccc3c(C(N)=O)c(NC(N)=O)[nH]c3c2)c1. The lowest BCUT2D eigenvalue weighted by atomic mass is 10.0. The molecular formula is C21H25N5O2. The van der Waals surface area contributed by atoms with E-state index in [0.717, 1.165) is 17.7 Å². The van der Waals surface area contributed by atoms with Crippen molar-refractivity contribution in [1.29, 1.82) is 0 Å². The minimum atomic E-state index is -0.770. The van der Waals surface area contributed by atoms with Gasteiger partial charge in [0.2, 0.25) is 0 Å². The van der Waals surface area contributed by atoms with E-state index in [1.165, 1.54) is 5.56 Å². The lowest BCUT2D eigenvalue weighted by Crippen LogP contribution is -2.35. The Morgan fingerprint density at radius 1 is 1.04 bits per heavy atom. The van der Waals surface area contributed by atoms with Gasteiger partial charge in [-0.25, -0.2) is 4.79 Å². The van der Waals surface area contributed by atoms with Crippen LogP contribution in [0.4, 0.5) is 10.6 Å². The van der Waals surface area contributed by atoms with Crippen molar-refractivity contribution in [3.05, 3.63) is 53.6 Å². The van der Waals surface area contributed by atoms with Crippen molar-refractivity contribution in [1.82, 2.24) is 10.3 Å². The number of aromatic amines is 1. The van der Waals surface area contributed by atoms with Crippen LogP contribution in [0, 0.1) is 0 Å². The van der Waals surface area contributed by atoms with Crippen LogP contribution >= 0.6 is 0 Å². The molecule has 1 heterocycles. The molecule has 7 nitrogen and oxygen atoms in total. The van der Waals surface area contributed by atoms with Crippen LogP contribution in [0.1, 0.15) is 36.7 Å². The summed E-state index contributed by atoms with van der Waals surface area (Å²) in [7, 11) is 0. The highest BCUT2D eigenvalue weighted by Crippen LogP contribution is 2.30. The van der Waals surface area contributed by atoms with Gasteiger partial charge in [-0.15, -0.1) is 0 Å². The molecule has 0 fully saturated rings. The Morgan fingerprint density at radius 2 is 1.75 bits per heavy atom. The first-order valence-corrected chi connectivity index (χ1v) is 9.00. The van der Waals surface area contributed by atoms with E-state index in [0.29, 0.717) is 10.9 Å². The highest BCUT2D eigenvalue weighted by molar-refractivity contribution is 6.13. The smallest absolute Gasteiger partial charge is 0.317 e. The number of primary amides is 2. The fraction of sp³-hybridized carbons (Fsp3) is 0.238. The van der Waals surface area contributed by atoms with Crippen molar-refractivity contribution in [2.45, 2.75) is 32.9 Å². The summed E-state index contributed by atoms with van der Waals surface area (Å²) in [5.74, 6) is -0.437. The largest absolute Gasteiger partial charge is 0.365 e. The number of fused-ring (bicyclic) bond motifs is 1. The van der Waals surface area contributed by atoms with Crippen LogP contribution in [-0.4, -0.2) is 22.5 Å². The minimum absolute atomic E-state index is 0.0359. The topological polar surface area (TPSA) is 126 Å². The summed E-state index contributed by atoms with van der Waals surface area (Å²) in [6.07, 6.45) is 0. The van der Waals surface area contributed by atoms with E-state index in [4.69, 9.17) is 11.5 Å². The number of H-pyrrole nitrogens is 1. The number of nitrogens with one attached hydrogen (secondary N) is 3. The molecule has 0 spiro atoms. The Morgan fingerprint density at radius 3 is 2.39 bits per heavy atom. The van der Waals surface area contributed by atoms with E-state index < -0.39 is 11.9 Å². The van der Waals surface area contributed by atoms with Crippen LogP contribution in [0.25, 0.3) is 22.0 Å². The van der Waals surface area contributed by atoms with Gasteiger partial charge in [-0.2, -0.15) is 0 Å². The van der Waals surface area contributed by atoms with Crippen molar-refractivity contribution in [3.8, 4) is 11.1 Å². The van der Waals surface area contributed by atoms with E-state index in [1.807, 2.05) is 30.3 Å². The fourth-order valence-corrected chi connectivity index (χ4v) is 3.08. The molecule has 0 unspecified atom stereocenters. The Bertz CT molecular complexity index is 1050. The predicted molar refractivity (Wildman–Crippen MR) is 112 cm³/mol. The third-order valence-corrected chi connectivity index (χ3v) is 4.38. The maximum atomic E-state index is 11.8. The van der Waals surface area contributed by atoms with Crippen LogP contribution < -0.4 is 22.1 Å². The van der Waals surface area contributed by atoms with E-state index in [1.54, 1.807) is 0 Å². The summed E-state index contributed by atoms with van der Waals surface area (Å²) in [6, 6.07) is 13.1. The van der Waals surface area contributed by atoms with Crippen molar-refractivity contribution in [2.24, 2.45) is 11.5 Å². The lowest BCUT2D eigenvalue weighted by Gasteiger charge is -2.20. The number of anilines is 1. The summed E-state index contributed by atoms with van der Waals surface area (Å²) >= 11 is 0. The molecule has 28 heavy (non-hydrogen) atoms. The Hall–Kier alpha value is -3.32. The minimum Gasteiger partial charge on any atom is -0.365 e. The molecule has 0 aliphatic heterocycles. The van der Waals surface area contributed by atoms with Gasteiger partial charge in [0.05, 0.1) is 5.56 Å². The van der Waals surface area contributed by atoms with Crippen molar-refractivity contribution in [3.63, 3.8) is 0 Å². The zero-order valence-electron chi connectivity index (χ0n) is 16.2. The standard InChI is InChI=1S/C21H25N5O2/c1-21(2,3)24-11-12-5-4-6-13(9-12)14-7-8-15-16(10-14)25-19(26-20(23)28)17(15)18(22)27/h4-10,24-25H,11H2,1-3H3,(H2,22,27)(H3,23,26,28). The third-order valence-electron chi connectivity index (χ3n) is 4.38. The average molecular weight is 379 g/mol. The third kappa shape index (κ3) is 4.32. The first-order valence-electron chi connectivity index (χ1n) is 9.00. The van der Waals surface area contributed by atoms with Gasteiger partial charge >= 0.3 is 6.03 Å². The monoisotopic (exact) mass is 379 g/mol. The molecule has 3 rings (SSSR count). The van der Waals surface area contributed by atoms with Gasteiger partial charge < -0.3 is 21.8 Å². The molecule has 7 heteroatoms. The maximum absolute atomic E-state index is 11.8. The lowest BCUT2D eigenvalue weighted by molar-refractivity contribution is 0.100. The second-order valence-electron chi connectivity index (χ2n) is 7.79. The summed E-state index contributed by atoms with van der Waals surface area (Å²) in [4.78, 5) is 26.1. The van der Waals surface area contributed by atoms with Gasteiger partial charge in [0.1, 0.15) is 5.82 Å². The van der Waals surface area contributed by atoms with Crippen LogP contribution in [0.5, 0.6) is 0 Å². The van der Waals surface area contributed by atoms with Gasteiger partial charge in [0, 0.05) is 23.0 Å². The molecule has 1 aromatic heterocycles. The van der Waals surface area contributed by atoms with Crippen LogP contribution in [0.2, 0.25) is 0 Å². The van der Waals surface area contributed by atoms with Crippen LogP contribution in [0.15, 0.2) is 42.5 Å². The molecule has 0 saturated carbocycles. The number of carbonyl (C=O) groups excluding carboxylic acids is 2. The summed E-state index contributed by atoms with van der Waals surface area (Å²) < 4.78 is 0. The molecule has 0 aliphatic carbocycles. The summed E-state index contributed by atoms with van der Waals surface area (Å²) in [6.45, 7) is 7.15. The first kappa shape index (κ1) is 19.4. The molecule has 0 atom stereocenters. The number of amides is 3. The summed E-state index contributed by atoms with van der Waals surface area (Å²) in [5.41, 5.74) is 14.8. The van der Waals surface area contributed by atoms with Crippen LogP contribution in [-0.2, 0) is 6.54 Å². The normalized spacial score (nSPS) is 11.5. The number of hydrogen-bond donors (Lipinski definition) is 5. The Balaban J connectivity index is 1.98. The quantitative estimate of drug-likeness (QED) is 0.467. The van der Waals surface area contributed by atoms with E-state index in [2.05, 4.69) is 48.5 Å². The maximum Gasteiger partial charge on any atom is 0.317 e. The second kappa shape index (κ2) is 7.36. The second-order valence-corrected chi connectivity index (χ2v) is 7.79. The molecule has 3 aromatic rings. The number of nitrogens with two attached hydrogens (primary N) is 2. The number of aromatic nitrogens is 1. The van der Waals surface area contributed by atoms with E-state index in [9.17, 15) is 9.59 Å². The molecule has 2 aromatic carbocycles. The van der Waals surface area contributed by atoms with E-state index in [-0.39, 0.29) is 16.9 Å².